The van der Waals surface area contributed by atoms with Gasteiger partial charge in [-0.1, -0.05) is 6.42 Å². The average Bonchev–Trinajstić information content (AvgIpc) is 2.52. The number of nitrogens with zero attached hydrogens (tertiary/aromatic N) is 4. The van der Waals surface area contributed by atoms with Gasteiger partial charge in [0.05, 0.1) is 11.9 Å². The van der Waals surface area contributed by atoms with E-state index in [4.69, 9.17) is 23.2 Å². The van der Waals surface area contributed by atoms with E-state index in [1.807, 2.05) is 0 Å². The minimum absolute atomic E-state index is 0.0348. The van der Waals surface area contributed by atoms with Gasteiger partial charge in [-0.2, -0.15) is 0 Å². The Morgan fingerprint density at radius 2 is 2.21 bits per heavy atom. The Balaban J connectivity index is 2.27. The lowest BCUT2D eigenvalue weighted by molar-refractivity contribution is 0.506. The summed E-state index contributed by atoms with van der Waals surface area (Å²) in [6, 6.07) is 0. The summed E-state index contributed by atoms with van der Waals surface area (Å²) in [4.78, 5) is 0. The highest BCUT2D eigenvalue weighted by molar-refractivity contribution is 7.80. The Morgan fingerprint density at radius 3 is 2.79 bits per heavy atom. The molecule has 80 valence electrons. The molecule has 1 rings (SSSR count). The van der Waals surface area contributed by atoms with Gasteiger partial charge in [0.15, 0.2) is 0 Å². The van der Waals surface area contributed by atoms with Crippen LogP contribution in [0, 0.1) is 0 Å². The maximum Gasteiger partial charge on any atom is 0.206 e. The van der Waals surface area contributed by atoms with E-state index in [1.165, 1.54) is 0 Å². The van der Waals surface area contributed by atoms with Crippen LogP contribution in [-0.4, -0.2) is 31.5 Å². The number of hydrogen-bond acceptors (Lipinski definition) is 4. The van der Waals surface area contributed by atoms with Gasteiger partial charge < -0.3 is 0 Å². The Hall–Kier alpha value is -0.000000000000000111. The van der Waals surface area contributed by atoms with Crippen LogP contribution in [0.25, 0.3) is 0 Å². The molecule has 1 heterocycles. The van der Waals surface area contributed by atoms with Crippen LogP contribution in [0.15, 0.2) is 5.16 Å². The smallest absolute Gasteiger partial charge is 0.206 e. The maximum absolute atomic E-state index is 6.09. The van der Waals surface area contributed by atoms with Crippen LogP contribution in [-0.2, 0) is 6.54 Å². The van der Waals surface area contributed by atoms with Gasteiger partial charge in [0.2, 0.25) is 5.16 Å². The fourth-order valence-corrected chi connectivity index (χ4v) is 1.69. The molecular formula is C7H12Cl2N4S. The van der Waals surface area contributed by atoms with Gasteiger partial charge in [-0.05, 0) is 23.3 Å². The maximum atomic E-state index is 6.09. The van der Waals surface area contributed by atoms with Gasteiger partial charge in [0, 0.05) is 5.88 Å². The number of aromatic nitrogens is 4. The van der Waals surface area contributed by atoms with Crippen molar-refractivity contribution in [3.05, 3.63) is 0 Å². The molecular weight excluding hydrogens is 243 g/mol. The number of rotatable bonds is 6. The number of hydrogen-bond donors (Lipinski definition) is 1. The van der Waals surface area contributed by atoms with E-state index in [2.05, 4.69) is 28.2 Å². The van der Waals surface area contributed by atoms with Crippen LogP contribution < -0.4 is 0 Å². The lowest BCUT2D eigenvalue weighted by atomic mass is 10.2. The highest BCUT2D eigenvalue weighted by Crippen LogP contribution is 2.11. The van der Waals surface area contributed by atoms with Crippen LogP contribution in [0.2, 0.25) is 0 Å². The van der Waals surface area contributed by atoms with E-state index >= 15 is 0 Å². The number of thiol groups is 1. The zero-order chi connectivity index (χ0) is 10.4. The Kier molecular flexibility index (Phi) is 5.59. The summed E-state index contributed by atoms with van der Waals surface area (Å²) in [5.41, 5.74) is 0. The molecule has 0 aliphatic carbocycles. The predicted molar refractivity (Wildman–Crippen MR) is 59.3 cm³/mol. The van der Waals surface area contributed by atoms with Crippen molar-refractivity contribution in [1.82, 2.24) is 20.2 Å². The molecule has 0 saturated heterocycles. The molecule has 0 spiro atoms. The molecule has 14 heavy (non-hydrogen) atoms. The van der Waals surface area contributed by atoms with Crippen LogP contribution in [0.4, 0.5) is 0 Å². The third-order valence-corrected chi connectivity index (χ3v) is 2.73. The fraction of sp³-hybridized carbons (Fsp3) is 0.857. The van der Waals surface area contributed by atoms with E-state index in [0.717, 1.165) is 19.3 Å². The van der Waals surface area contributed by atoms with Gasteiger partial charge >= 0.3 is 0 Å². The van der Waals surface area contributed by atoms with Crippen LogP contribution >= 0.6 is 35.8 Å². The summed E-state index contributed by atoms with van der Waals surface area (Å²) >= 11 is 15.7. The Labute approximate surface area is 98.4 Å². The molecule has 0 aliphatic rings. The molecule has 0 fully saturated rings. The van der Waals surface area contributed by atoms with Crippen LogP contribution in [0.1, 0.15) is 19.3 Å². The Bertz CT molecular complexity index is 268. The van der Waals surface area contributed by atoms with Gasteiger partial charge in [0.25, 0.3) is 0 Å². The van der Waals surface area contributed by atoms with Crippen LogP contribution in [0.3, 0.4) is 0 Å². The molecule has 0 radical (unpaired) electrons. The zero-order valence-corrected chi connectivity index (χ0v) is 10.0. The van der Waals surface area contributed by atoms with Crippen molar-refractivity contribution in [3.63, 3.8) is 0 Å². The molecule has 1 aromatic rings. The first-order chi connectivity index (χ1) is 6.74. The third kappa shape index (κ3) is 4.02. The number of halogens is 2. The second-order valence-corrected chi connectivity index (χ2v) is 4.34. The lowest BCUT2D eigenvalue weighted by Crippen LogP contribution is -2.12. The molecule has 0 aromatic carbocycles. The topological polar surface area (TPSA) is 43.6 Å². The predicted octanol–water partition coefficient (Wildman–Crippen LogP) is 1.98. The molecule has 0 N–H and O–H groups in total. The number of unbranched alkanes of at least 4 members (excludes halogenated alkanes) is 1. The molecule has 0 saturated carbocycles. The highest BCUT2D eigenvalue weighted by Gasteiger charge is 2.08. The standard InChI is InChI=1S/C7H12Cl2N4S/c8-4-2-1-3-6(9)5-13-7(14)10-11-12-13/h6H,1-5H2,(H,10,12,14). The van der Waals surface area contributed by atoms with Crippen molar-refractivity contribution in [2.24, 2.45) is 0 Å². The van der Waals surface area contributed by atoms with Crippen molar-refractivity contribution in [1.29, 1.82) is 0 Å². The van der Waals surface area contributed by atoms with Gasteiger partial charge in [-0.3, -0.25) is 0 Å². The van der Waals surface area contributed by atoms with Crippen molar-refractivity contribution in [3.8, 4) is 0 Å². The molecule has 4 nitrogen and oxygen atoms in total. The van der Waals surface area contributed by atoms with Crippen molar-refractivity contribution in [2.45, 2.75) is 36.3 Å². The van der Waals surface area contributed by atoms with Crippen LogP contribution in [0.5, 0.6) is 0 Å². The normalized spacial score (nSPS) is 13.1. The van der Waals surface area contributed by atoms with E-state index < -0.39 is 0 Å². The van der Waals surface area contributed by atoms with E-state index in [0.29, 0.717) is 17.6 Å². The minimum Gasteiger partial charge on any atom is -0.219 e. The first-order valence-electron chi connectivity index (χ1n) is 4.39. The van der Waals surface area contributed by atoms with Gasteiger partial charge in [0.1, 0.15) is 0 Å². The zero-order valence-electron chi connectivity index (χ0n) is 7.60. The molecule has 1 unspecified atom stereocenters. The van der Waals surface area contributed by atoms with Crippen molar-refractivity contribution < 1.29 is 0 Å². The van der Waals surface area contributed by atoms with E-state index in [1.54, 1.807) is 4.68 Å². The number of alkyl halides is 2. The minimum atomic E-state index is 0.0348. The first kappa shape index (κ1) is 12.1. The molecule has 0 bridgehead atoms. The second-order valence-electron chi connectivity index (χ2n) is 2.94. The average molecular weight is 255 g/mol. The summed E-state index contributed by atoms with van der Waals surface area (Å²) in [5, 5.41) is 11.4. The molecule has 0 amide bonds. The fourth-order valence-electron chi connectivity index (χ4n) is 1.06. The summed E-state index contributed by atoms with van der Waals surface area (Å²) in [6.45, 7) is 0.593. The molecule has 1 atom stereocenters. The Morgan fingerprint density at radius 1 is 1.43 bits per heavy atom. The SMILES string of the molecule is Sc1nnnn1CC(Cl)CCCCCl. The molecule has 0 aliphatic heterocycles. The summed E-state index contributed by atoms with van der Waals surface area (Å²) in [5.74, 6) is 0.687. The third-order valence-electron chi connectivity index (χ3n) is 1.79. The van der Waals surface area contributed by atoms with Gasteiger partial charge in [-0.25, -0.2) is 4.68 Å². The van der Waals surface area contributed by atoms with Crippen molar-refractivity contribution in [2.75, 3.05) is 5.88 Å². The lowest BCUT2D eigenvalue weighted by Gasteiger charge is -2.08. The highest BCUT2D eigenvalue weighted by atomic mass is 35.5. The summed E-state index contributed by atoms with van der Waals surface area (Å²) in [7, 11) is 0. The van der Waals surface area contributed by atoms with Gasteiger partial charge in [-0.15, -0.1) is 40.9 Å². The number of tetrazole rings is 1. The molecule has 7 heteroatoms. The first-order valence-corrected chi connectivity index (χ1v) is 5.81. The van der Waals surface area contributed by atoms with E-state index in [-0.39, 0.29) is 5.38 Å². The second kappa shape index (κ2) is 6.48. The quantitative estimate of drug-likeness (QED) is 0.480. The molecule has 1 aromatic heterocycles. The summed E-state index contributed by atoms with van der Waals surface area (Å²) < 4.78 is 1.58. The summed E-state index contributed by atoms with van der Waals surface area (Å²) in [6.07, 6.45) is 2.94. The van der Waals surface area contributed by atoms with Crippen molar-refractivity contribution >= 4 is 35.8 Å². The monoisotopic (exact) mass is 254 g/mol. The largest absolute Gasteiger partial charge is 0.219 e. The van der Waals surface area contributed by atoms with E-state index in [9.17, 15) is 0 Å².